The van der Waals surface area contributed by atoms with Crippen molar-refractivity contribution in [1.29, 1.82) is 0 Å². The van der Waals surface area contributed by atoms with Crippen LogP contribution in [0.5, 0.6) is 0 Å². The molecule has 1 aromatic heterocycles. The van der Waals surface area contributed by atoms with Gasteiger partial charge in [-0.2, -0.15) is 5.10 Å². The van der Waals surface area contributed by atoms with E-state index >= 15 is 0 Å². The molecule has 0 aliphatic heterocycles. The zero-order chi connectivity index (χ0) is 15.4. The van der Waals surface area contributed by atoms with Crippen molar-refractivity contribution in [1.82, 2.24) is 15.1 Å². The van der Waals surface area contributed by atoms with Gasteiger partial charge in [-0.05, 0) is 37.1 Å². The second-order valence-electron chi connectivity index (χ2n) is 5.71. The molecule has 0 bridgehead atoms. The molecule has 0 saturated carbocycles. The van der Waals surface area contributed by atoms with E-state index in [9.17, 15) is 4.39 Å². The van der Waals surface area contributed by atoms with Crippen LogP contribution in [0.3, 0.4) is 0 Å². The molecule has 0 amide bonds. The Morgan fingerprint density at radius 2 is 2.14 bits per heavy atom. The summed E-state index contributed by atoms with van der Waals surface area (Å²) in [6.07, 6.45) is 1.72. The average molecular weight is 310 g/mol. The van der Waals surface area contributed by atoms with Crippen LogP contribution in [0, 0.1) is 18.7 Å². The molecule has 21 heavy (non-hydrogen) atoms. The minimum Gasteiger partial charge on any atom is -0.312 e. The van der Waals surface area contributed by atoms with E-state index in [-0.39, 0.29) is 5.82 Å². The quantitative estimate of drug-likeness (QED) is 0.880. The number of nitrogens with zero attached hydrogens (tertiary/aromatic N) is 2. The standard InChI is InChI=1S/C16H21ClFN3/c1-11(2)7-19-8-13-4-5-16(18)14(6-13)9-21-10-15(17)12(3)20-21/h4-6,10-11,19H,7-9H2,1-3H3. The van der Waals surface area contributed by atoms with Crippen LogP contribution in [0.15, 0.2) is 24.4 Å². The molecule has 0 radical (unpaired) electrons. The molecule has 0 aliphatic carbocycles. The molecule has 0 spiro atoms. The fourth-order valence-electron chi connectivity index (χ4n) is 2.11. The average Bonchev–Trinajstić information content (AvgIpc) is 2.72. The monoisotopic (exact) mass is 309 g/mol. The summed E-state index contributed by atoms with van der Waals surface area (Å²) in [6.45, 7) is 8.23. The van der Waals surface area contributed by atoms with Crippen LogP contribution in [0.2, 0.25) is 5.02 Å². The molecule has 0 unspecified atom stereocenters. The molecular formula is C16H21ClFN3. The summed E-state index contributed by atoms with van der Waals surface area (Å²) in [7, 11) is 0. The Balaban J connectivity index is 2.08. The van der Waals surface area contributed by atoms with E-state index < -0.39 is 0 Å². The minimum atomic E-state index is -0.216. The summed E-state index contributed by atoms with van der Waals surface area (Å²) in [4.78, 5) is 0. The minimum absolute atomic E-state index is 0.216. The molecule has 2 aromatic rings. The van der Waals surface area contributed by atoms with Crippen molar-refractivity contribution in [2.45, 2.75) is 33.9 Å². The van der Waals surface area contributed by atoms with E-state index in [1.807, 2.05) is 19.1 Å². The highest BCUT2D eigenvalue weighted by Gasteiger charge is 2.08. The van der Waals surface area contributed by atoms with Crippen LogP contribution < -0.4 is 5.32 Å². The Morgan fingerprint density at radius 1 is 1.38 bits per heavy atom. The Bertz CT molecular complexity index is 588. The molecule has 3 nitrogen and oxygen atoms in total. The zero-order valence-electron chi connectivity index (χ0n) is 12.7. The molecule has 0 atom stereocenters. The number of aromatic nitrogens is 2. The second kappa shape index (κ2) is 7.05. The number of hydrogen-bond acceptors (Lipinski definition) is 2. The van der Waals surface area contributed by atoms with Crippen LogP contribution in [0.1, 0.15) is 30.7 Å². The fourth-order valence-corrected chi connectivity index (χ4v) is 2.26. The molecule has 5 heteroatoms. The van der Waals surface area contributed by atoms with Crippen LogP contribution in [-0.4, -0.2) is 16.3 Å². The van der Waals surface area contributed by atoms with Gasteiger partial charge in [0.2, 0.25) is 0 Å². The third-order valence-corrected chi connectivity index (χ3v) is 3.58. The Kier molecular flexibility index (Phi) is 5.37. The predicted molar refractivity (Wildman–Crippen MR) is 84.0 cm³/mol. The molecular weight excluding hydrogens is 289 g/mol. The van der Waals surface area contributed by atoms with Crippen molar-refractivity contribution >= 4 is 11.6 Å². The van der Waals surface area contributed by atoms with Gasteiger partial charge in [-0.1, -0.05) is 31.5 Å². The van der Waals surface area contributed by atoms with Crippen molar-refractivity contribution < 1.29 is 4.39 Å². The van der Waals surface area contributed by atoms with E-state index in [0.717, 1.165) is 24.3 Å². The van der Waals surface area contributed by atoms with Crippen LogP contribution in [0.4, 0.5) is 4.39 Å². The summed E-state index contributed by atoms with van der Waals surface area (Å²) >= 11 is 5.98. The first-order valence-corrected chi connectivity index (χ1v) is 7.51. The number of rotatable bonds is 6. The van der Waals surface area contributed by atoms with Gasteiger partial charge in [-0.25, -0.2) is 4.39 Å². The van der Waals surface area contributed by atoms with Gasteiger partial charge in [-0.15, -0.1) is 0 Å². The van der Waals surface area contributed by atoms with Gasteiger partial charge in [0.15, 0.2) is 0 Å². The third kappa shape index (κ3) is 4.55. The van der Waals surface area contributed by atoms with E-state index in [1.165, 1.54) is 6.07 Å². The highest BCUT2D eigenvalue weighted by atomic mass is 35.5. The fraction of sp³-hybridized carbons (Fsp3) is 0.438. The molecule has 1 heterocycles. The van der Waals surface area contributed by atoms with Gasteiger partial charge < -0.3 is 5.32 Å². The van der Waals surface area contributed by atoms with Gasteiger partial charge in [-0.3, -0.25) is 4.68 Å². The predicted octanol–water partition coefficient (Wildman–Crippen LogP) is 3.78. The molecule has 114 valence electrons. The first-order valence-electron chi connectivity index (χ1n) is 7.13. The number of aryl methyl sites for hydroxylation is 1. The van der Waals surface area contributed by atoms with Crippen LogP contribution in [-0.2, 0) is 13.1 Å². The van der Waals surface area contributed by atoms with Gasteiger partial charge in [0.1, 0.15) is 5.82 Å². The van der Waals surface area contributed by atoms with Crippen molar-refractivity contribution in [2.75, 3.05) is 6.54 Å². The zero-order valence-corrected chi connectivity index (χ0v) is 13.4. The first kappa shape index (κ1) is 16.0. The summed E-state index contributed by atoms with van der Waals surface area (Å²) < 4.78 is 15.6. The molecule has 0 saturated heterocycles. The lowest BCUT2D eigenvalue weighted by Gasteiger charge is -2.10. The summed E-state index contributed by atoms with van der Waals surface area (Å²) in [5, 5.41) is 8.22. The van der Waals surface area contributed by atoms with Gasteiger partial charge in [0.05, 0.1) is 17.3 Å². The maximum absolute atomic E-state index is 13.9. The Labute approximate surface area is 130 Å². The second-order valence-corrected chi connectivity index (χ2v) is 6.12. The van der Waals surface area contributed by atoms with Crippen LogP contribution >= 0.6 is 11.6 Å². The Morgan fingerprint density at radius 3 is 2.76 bits per heavy atom. The highest BCUT2D eigenvalue weighted by molar-refractivity contribution is 6.31. The summed E-state index contributed by atoms with van der Waals surface area (Å²) in [6, 6.07) is 5.21. The normalized spacial score (nSPS) is 11.3. The summed E-state index contributed by atoms with van der Waals surface area (Å²) in [5.74, 6) is 0.381. The number of nitrogens with one attached hydrogen (secondary N) is 1. The maximum atomic E-state index is 13.9. The van der Waals surface area contributed by atoms with Crippen molar-refractivity contribution in [2.24, 2.45) is 5.92 Å². The molecule has 0 aliphatic rings. The SMILES string of the molecule is Cc1nn(Cc2cc(CNCC(C)C)ccc2F)cc1Cl. The number of hydrogen-bond donors (Lipinski definition) is 1. The first-order chi connectivity index (χ1) is 9.95. The molecule has 1 aromatic carbocycles. The molecule has 0 fully saturated rings. The van der Waals surface area contributed by atoms with E-state index in [1.54, 1.807) is 10.9 Å². The van der Waals surface area contributed by atoms with Gasteiger partial charge in [0, 0.05) is 18.3 Å². The lowest BCUT2D eigenvalue weighted by Crippen LogP contribution is -2.19. The lowest BCUT2D eigenvalue weighted by atomic mass is 10.1. The van der Waals surface area contributed by atoms with E-state index in [0.29, 0.717) is 23.0 Å². The highest BCUT2D eigenvalue weighted by Crippen LogP contribution is 2.16. The topological polar surface area (TPSA) is 29.9 Å². The van der Waals surface area contributed by atoms with Gasteiger partial charge in [0.25, 0.3) is 0 Å². The van der Waals surface area contributed by atoms with Crippen molar-refractivity contribution in [3.63, 3.8) is 0 Å². The van der Waals surface area contributed by atoms with Crippen molar-refractivity contribution in [3.05, 3.63) is 52.1 Å². The molecule has 1 N–H and O–H groups in total. The largest absolute Gasteiger partial charge is 0.312 e. The smallest absolute Gasteiger partial charge is 0.128 e. The lowest BCUT2D eigenvalue weighted by molar-refractivity contribution is 0.549. The number of benzene rings is 1. The molecule has 2 rings (SSSR count). The summed E-state index contributed by atoms with van der Waals surface area (Å²) in [5.41, 5.74) is 2.45. The number of halogens is 2. The Hall–Kier alpha value is -1.39. The third-order valence-electron chi connectivity index (χ3n) is 3.21. The van der Waals surface area contributed by atoms with E-state index in [2.05, 4.69) is 24.3 Å². The maximum Gasteiger partial charge on any atom is 0.128 e. The van der Waals surface area contributed by atoms with Crippen molar-refractivity contribution in [3.8, 4) is 0 Å². The van der Waals surface area contributed by atoms with Crippen LogP contribution in [0.25, 0.3) is 0 Å². The van der Waals surface area contributed by atoms with E-state index in [4.69, 9.17) is 11.6 Å². The van der Waals surface area contributed by atoms with Gasteiger partial charge >= 0.3 is 0 Å².